The zero-order valence-corrected chi connectivity index (χ0v) is 12.9. The molecule has 2 aromatic heterocycles. The van der Waals surface area contributed by atoms with E-state index in [2.05, 4.69) is 35.9 Å². The third-order valence-electron chi connectivity index (χ3n) is 3.90. The minimum absolute atomic E-state index is 0.414. The largest absolute Gasteiger partial charge is 0.264 e. The highest BCUT2D eigenvalue weighted by Gasteiger charge is 2.08. The van der Waals surface area contributed by atoms with E-state index in [1.165, 1.54) is 11.1 Å². The number of hydrogen-bond acceptors (Lipinski definition) is 2. The molecule has 110 valence electrons. The Bertz CT molecular complexity index is 841. The molecule has 0 radical (unpaired) electrons. The Hall–Kier alpha value is -2.55. The van der Waals surface area contributed by atoms with Crippen LogP contribution < -0.4 is 0 Å². The highest BCUT2D eigenvalue weighted by molar-refractivity contribution is 5.74. The van der Waals surface area contributed by atoms with Crippen LogP contribution in [0.2, 0.25) is 0 Å². The number of aromatic nitrogens is 2. The van der Waals surface area contributed by atoms with Crippen LogP contribution in [0.5, 0.6) is 0 Å². The lowest BCUT2D eigenvalue weighted by Crippen LogP contribution is -1.92. The highest BCUT2D eigenvalue weighted by atomic mass is 19.1. The molecule has 0 N–H and O–H groups in total. The molecule has 0 fully saturated rings. The summed E-state index contributed by atoms with van der Waals surface area (Å²) in [5.74, 6) is -0.414. The van der Waals surface area contributed by atoms with E-state index >= 15 is 0 Å². The van der Waals surface area contributed by atoms with Crippen LogP contribution in [0, 0.1) is 26.7 Å². The number of aryl methyl sites for hydroxylation is 3. The maximum Gasteiger partial charge on any atom is 0.215 e. The molecule has 0 aliphatic rings. The quantitative estimate of drug-likeness (QED) is 0.629. The summed E-state index contributed by atoms with van der Waals surface area (Å²) in [5, 5.41) is 0. The zero-order valence-electron chi connectivity index (χ0n) is 12.9. The molecule has 3 aromatic rings. The average molecular weight is 292 g/mol. The van der Waals surface area contributed by atoms with Crippen molar-refractivity contribution in [2.24, 2.45) is 0 Å². The van der Waals surface area contributed by atoms with Crippen molar-refractivity contribution in [3.05, 3.63) is 71.6 Å². The van der Waals surface area contributed by atoms with Gasteiger partial charge in [-0.05, 0) is 55.2 Å². The van der Waals surface area contributed by atoms with Crippen LogP contribution in [0.4, 0.5) is 4.39 Å². The van der Waals surface area contributed by atoms with E-state index in [9.17, 15) is 4.39 Å². The summed E-state index contributed by atoms with van der Waals surface area (Å²) in [6.07, 6.45) is 5.27. The molecule has 1 aromatic carbocycles. The normalized spacial score (nSPS) is 10.7. The fourth-order valence-corrected chi connectivity index (χ4v) is 2.61. The first-order chi connectivity index (χ1) is 10.6. The molecule has 0 saturated carbocycles. The van der Waals surface area contributed by atoms with Gasteiger partial charge in [-0.3, -0.25) is 4.98 Å². The van der Waals surface area contributed by atoms with Gasteiger partial charge >= 0.3 is 0 Å². The van der Waals surface area contributed by atoms with Crippen molar-refractivity contribution < 1.29 is 4.39 Å². The molecule has 0 saturated heterocycles. The summed E-state index contributed by atoms with van der Waals surface area (Å²) >= 11 is 0. The second-order valence-electron chi connectivity index (χ2n) is 5.55. The Labute approximate surface area is 129 Å². The van der Waals surface area contributed by atoms with Gasteiger partial charge < -0.3 is 0 Å². The van der Waals surface area contributed by atoms with Gasteiger partial charge in [0.15, 0.2) is 0 Å². The molecule has 0 amide bonds. The Balaban J connectivity index is 2.06. The molecular weight excluding hydrogens is 275 g/mol. The predicted octanol–water partition coefficient (Wildman–Crippen LogP) is 4.87. The third-order valence-corrected chi connectivity index (χ3v) is 3.90. The average Bonchev–Trinajstić information content (AvgIpc) is 2.51. The van der Waals surface area contributed by atoms with Crippen molar-refractivity contribution in [1.29, 1.82) is 0 Å². The number of rotatable bonds is 2. The summed E-state index contributed by atoms with van der Waals surface area (Å²) < 4.78 is 13.3. The van der Waals surface area contributed by atoms with Crippen LogP contribution in [-0.4, -0.2) is 9.97 Å². The van der Waals surface area contributed by atoms with Crippen LogP contribution in [0.15, 0.2) is 48.9 Å². The summed E-state index contributed by atoms with van der Waals surface area (Å²) in [6, 6.07) is 10.1. The SMILES string of the molecule is Cc1cc(-c2cnc(F)c(C)c2)ccc1-c1cnccc1C. The maximum atomic E-state index is 13.3. The molecule has 0 bridgehead atoms. The van der Waals surface area contributed by atoms with Crippen molar-refractivity contribution in [2.45, 2.75) is 20.8 Å². The second kappa shape index (κ2) is 5.68. The van der Waals surface area contributed by atoms with Gasteiger partial charge in [-0.15, -0.1) is 0 Å². The molecule has 0 unspecified atom stereocenters. The van der Waals surface area contributed by atoms with Gasteiger partial charge in [-0.2, -0.15) is 4.39 Å². The Morgan fingerprint density at radius 3 is 2.23 bits per heavy atom. The molecule has 0 spiro atoms. The van der Waals surface area contributed by atoms with Gasteiger partial charge in [-0.1, -0.05) is 18.2 Å². The monoisotopic (exact) mass is 292 g/mol. The van der Waals surface area contributed by atoms with Crippen molar-refractivity contribution in [3.8, 4) is 22.3 Å². The topological polar surface area (TPSA) is 25.8 Å². The van der Waals surface area contributed by atoms with E-state index in [1.807, 2.05) is 24.4 Å². The van der Waals surface area contributed by atoms with Gasteiger partial charge in [-0.25, -0.2) is 4.98 Å². The van der Waals surface area contributed by atoms with Crippen LogP contribution in [-0.2, 0) is 0 Å². The number of hydrogen-bond donors (Lipinski definition) is 0. The molecule has 3 rings (SSSR count). The number of nitrogens with zero attached hydrogens (tertiary/aromatic N) is 2. The van der Waals surface area contributed by atoms with Crippen molar-refractivity contribution >= 4 is 0 Å². The van der Waals surface area contributed by atoms with Crippen molar-refractivity contribution in [1.82, 2.24) is 9.97 Å². The summed E-state index contributed by atoms with van der Waals surface area (Å²) in [6.45, 7) is 5.89. The van der Waals surface area contributed by atoms with E-state index in [4.69, 9.17) is 0 Å². The Kier molecular flexibility index (Phi) is 3.72. The molecule has 0 aliphatic carbocycles. The fourth-order valence-electron chi connectivity index (χ4n) is 2.61. The van der Waals surface area contributed by atoms with E-state index in [1.54, 1.807) is 19.3 Å². The third kappa shape index (κ3) is 2.62. The van der Waals surface area contributed by atoms with Gasteiger partial charge in [0, 0.05) is 35.3 Å². The molecule has 3 heteroatoms. The van der Waals surface area contributed by atoms with Gasteiger partial charge in [0.05, 0.1) is 0 Å². The van der Waals surface area contributed by atoms with E-state index < -0.39 is 5.95 Å². The molecule has 0 atom stereocenters. The van der Waals surface area contributed by atoms with E-state index in [0.717, 1.165) is 22.3 Å². The van der Waals surface area contributed by atoms with E-state index in [0.29, 0.717) is 5.56 Å². The summed E-state index contributed by atoms with van der Waals surface area (Å²) in [5.41, 5.74) is 7.19. The molecule has 22 heavy (non-hydrogen) atoms. The van der Waals surface area contributed by atoms with Crippen molar-refractivity contribution in [2.75, 3.05) is 0 Å². The minimum Gasteiger partial charge on any atom is -0.264 e. The first-order valence-corrected chi connectivity index (χ1v) is 7.20. The Morgan fingerprint density at radius 2 is 1.55 bits per heavy atom. The number of benzene rings is 1. The first kappa shape index (κ1) is 14.4. The standard InChI is InChI=1S/C19H17FN2/c1-12-6-7-21-11-18(12)17-5-4-15(8-13(17)2)16-9-14(3)19(20)22-10-16/h4-11H,1-3H3. The molecular formula is C19H17FN2. The van der Waals surface area contributed by atoms with E-state index in [-0.39, 0.29) is 0 Å². The summed E-state index contributed by atoms with van der Waals surface area (Å²) in [4.78, 5) is 8.02. The first-order valence-electron chi connectivity index (χ1n) is 7.20. The van der Waals surface area contributed by atoms with Gasteiger partial charge in [0.2, 0.25) is 5.95 Å². The molecule has 0 aliphatic heterocycles. The lowest BCUT2D eigenvalue weighted by molar-refractivity contribution is 0.575. The molecule has 2 nitrogen and oxygen atoms in total. The lowest BCUT2D eigenvalue weighted by atomic mass is 9.95. The lowest BCUT2D eigenvalue weighted by Gasteiger charge is -2.11. The fraction of sp³-hybridized carbons (Fsp3) is 0.158. The second-order valence-corrected chi connectivity index (χ2v) is 5.55. The van der Waals surface area contributed by atoms with Crippen LogP contribution in [0.3, 0.4) is 0 Å². The van der Waals surface area contributed by atoms with Crippen LogP contribution in [0.25, 0.3) is 22.3 Å². The molecule has 2 heterocycles. The number of halogens is 1. The predicted molar refractivity (Wildman–Crippen MR) is 87.1 cm³/mol. The summed E-state index contributed by atoms with van der Waals surface area (Å²) in [7, 11) is 0. The number of pyridine rings is 2. The van der Waals surface area contributed by atoms with Crippen LogP contribution in [0.1, 0.15) is 16.7 Å². The maximum absolute atomic E-state index is 13.3. The minimum atomic E-state index is -0.414. The Morgan fingerprint density at radius 1 is 0.773 bits per heavy atom. The van der Waals surface area contributed by atoms with Gasteiger partial charge in [0.25, 0.3) is 0 Å². The highest BCUT2D eigenvalue weighted by Crippen LogP contribution is 2.30. The zero-order chi connectivity index (χ0) is 15.7. The van der Waals surface area contributed by atoms with Crippen molar-refractivity contribution in [3.63, 3.8) is 0 Å². The van der Waals surface area contributed by atoms with Gasteiger partial charge in [0.1, 0.15) is 0 Å². The van der Waals surface area contributed by atoms with Crippen LogP contribution >= 0.6 is 0 Å². The smallest absolute Gasteiger partial charge is 0.215 e.